The lowest BCUT2D eigenvalue weighted by Crippen LogP contribution is -2.47. The standard InChI is InChI=1S/C32H30ClFN6O4/c1-37-14-16-38(17-15-37)26-6-2-4-23-22(26)12-13-39(30(23)28(41)18-20-8-10-21(11-9-20)32(43)44)31(42)25-19-40(36-35-25)27-7-3-5-24(33)29(27)34/h2-11,19,30H,12-18H2,1H3,(H,43,44). The van der Waals surface area contributed by atoms with Crippen molar-refractivity contribution in [3.05, 3.63) is 106 Å². The number of aromatic nitrogens is 3. The van der Waals surface area contributed by atoms with Crippen LogP contribution in [0.15, 0.2) is 66.9 Å². The van der Waals surface area contributed by atoms with Gasteiger partial charge < -0.3 is 19.8 Å². The van der Waals surface area contributed by atoms with Gasteiger partial charge in [-0.25, -0.2) is 13.9 Å². The first-order chi connectivity index (χ1) is 21.2. The van der Waals surface area contributed by atoms with E-state index in [1.807, 2.05) is 12.1 Å². The highest BCUT2D eigenvalue weighted by Gasteiger charge is 2.38. The number of hydrogen-bond acceptors (Lipinski definition) is 7. The molecule has 1 aromatic heterocycles. The second kappa shape index (κ2) is 12.2. The van der Waals surface area contributed by atoms with Gasteiger partial charge in [0.15, 0.2) is 17.3 Å². The van der Waals surface area contributed by atoms with Crippen molar-refractivity contribution in [2.75, 3.05) is 44.7 Å². The first-order valence-corrected chi connectivity index (χ1v) is 14.7. The van der Waals surface area contributed by atoms with E-state index in [1.165, 1.54) is 35.4 Å². The quantitative estimate of drug-likeness (QED) is 0.331. The van der Waals surface area contributed by atoms with E-state index >= 15 is 0 Å². The fourth-order valence-electron chi connectivity index (χ4n) is 5.92. The number of carboxylic acid groups (broad SMARTS) is 1. The third-order valence-electron chi connectivity index (χ3n) is 8.28. The molecule has 0 saturated carbocycles. The molecule has 0 radical (unpaired) electrons. The number of amides is 1. The van der Waals surface area contributed by atoms with Crippen LogP contribution in [0.2, 0.25) is 5.02 Å². The van der Waals surface area contributed by atoms with Crippen molar-refractivity contribution in [3.63, 3.8) is 0 Å². The minimum absolute atomic E-state index is 0.00701. The van der Waals surface area contributed by atoms with Gasteiger partial charge in [-0.2, -0.15) is 0 Å². The normalized spacial score (nSPS) is 16.9. The Morgan fingerprint density at radius 2 is 1.66 bits per heavy atom. The first-order valence-electron chi connectivity index (χ1n) is 14.3. The lowest BCUT2D eigenvalue weighted by molar-refractivity contribution is -0.123. The summed E-state index contributed by atoms with van der Waals surface area (Å²) in [6, 6.07) is 15.6. The molecule has 2 aliphatic rings. The molecule has 4 aromatic rings. The van der Waals surface area contributed by atoms with Gasteiger partial charge in [0.25, 0.3) is 5.91 Å². The van der Waals surface area contributed by atoms with Gasteiger partial charge in [-0.3, -0.25) is 9.59 Å². The number of ketones is 1. The molecule has 0 aliphatic carbocycles. The van der Waals surface area contributed by atoms with Crippen molar-refractivity contribution in [3.8, 4) is 5.69 Å². The molecule has 3 aromatic carbocycles. The summed E-state index contributed by atoms with van der Waals surface area (Å²) in [4.78, 5) is 45.5. The van der Waals surface area contributed by atoms with Crippen LogP contribution in [0.4, 0.5) is 10.1 Å². The zero-order valence-corrected chi connectivity index (χ0v) is 24.7. The Labute approximate surface area is 258 Å². The summed E-state index contributed by atoms with van der Waals surface area (Å²) in [5, 5.41) is 17.2. The summed E-state index contributed by atoms with van der Waals surface area (Å²) < 4.78 is 15.8. The van der Waals surface area contributed by atoms with E-state index in [4.69, 9.17) is 11.6 Å². The fraction of sp³-hybridized carbons (Fsp3) is 0.281. The zero-order valence-electron chi connectivity index (χ0n) is 24.0. The number of carboxylic acids is 1. The average molecular weight is 617 g/mol. The number of nitrogens with zero attached hydrogens (tertiary/aromatic N) is 6. The van der Waals surface area contributed by atoms with Crippen LogP contribution in [0.5, 0.6) is 0 Å². The molecular weight excluding hydrogens is 587 g/mol. The van der Waals surface area contributed by atoms with E-state index in [-0.39, 0.29) is 40.7 Å². The van der Waals surface area contributed by atoms with E-state index in [2.05, 4.69) is 33.2 Å². The number of likely N-dealkylation sites (N-methyl/N-ethyl adjacent to an activating group) is 1. The van der Waals surface area contributed by atoms with Crippen molar-refractivity contribution < 1.29 is 23.9 Å². The second-order valence-corrected chi connectivity index (χ2v) is 11.5. The topological polar surface area (TPSA) is 112 Å². The molecule has 0 spiro atoms. The molecule has 44 heavy (non-hydrogen) atoms. The van der Waals surface area contributed by atoms with E-state index in [0.717, 1.165) is 47.7 Å². The highest BCUT2D eigenvalue weighted by atomic mass is 35.5. The highest BCUT2D eigenvalue weighted by Crippen LogP contribution is 2.38. The number of piperazine rings is 1. The lowest BCUT2D eigenvalue weighted by Gasteiger charge is -2.40. The summed E-state index contributed by atoms with van der Waals surface area (Å²) in [5.74, 6) is -2.47. The molecule has 1 fully saturated rings. The van der Waals surface area contributed by atoms with Crippen molar-refractivity contribution in [1.82, 2.24) is 24.8 Å². The van der Waals surface area contributed by atoms with Crippen LogP contribution in [0.25, 0.3) is 5.69 Å². The fourth-order valence-corrected chi connectivity index (χ4v) is 6.09. The number of anilines is 1. The van der Waals surface area contributed by atoms with Crippen molar-refractivity contribution in [1.29, 1.82) is 0 Å². The molecule has 1 N–H and O–H groups in total. The molecule has 3 heterocycles. The molecule has 10 nitrogen and oxygen atoms in total. The number of fused-ring (bicyclic) bond motifs is 1. The Morgan fingerprint density at radius 1 is 0.955 bits per heavy atom. The van der Waals surface area contributed by atoms with Crippen molar-refractivity contribution in [2.24, 2.45) is 0 Å². The summed E-state index contributed by atoms with van der Waals surface area (Å²) in [6.45, 7) is 3.82. The van der Waals surface area contributed by atoms with Gasteiger partial charge >= 0.3 is 5.97 Å². The second-order valence-electron chi connectivity index (χ2n) is 11.1. The van der Waals surface area contributed by atoms with E-state index in [1.54, 1.807) is 18.2 Å². The third-order valence-corrected chi connectivity index (χ3v) is 8.57. The van der Waals surface area contributed by atoms with Crippen molar-refractivity contribution >= 4 is 34.9 Å². The van der Waals surface area contributed by atoms with Gasteiger partial charge in [0.2, 0.25) is 0 Å². The molecule has 1 saturated heterocycles. The van der Waals surface area contributed by atoms with Gasteiger partial charge in [0.05, 0.1) is 16.8 Å². The Kier molecular flexibility index (Phi) is 8.15. The molecule has 1 atom stereocenters. The minimum Gasteiger partial charge on any atom is -0.478 e. The molecule has 6 rings (SSSR count). The van der Waals surface area contributed by atoms with Gasteiger partial charge in [0.1, 0.15) is 11.7 Å². The van der Waals surface area contributed by atoms with Crippen LogP contribution in [-0.2, 0) is 17.6 Å². The molecule has 226 valence electrons. The van der Waals surface area contributed by atoms with E-state index in [9.17, 15) is 23.9 Å². The van der Waals surface area contributed by atoms with Crippen LogP contribution < -0.4 is 4.90 Å². The maximum Gasteiger partial charge on any atom is 0.335 e. The van der Waals surface area contributed by atoms with Gasteiger partial charge in [-0.1, -0.05) is 47.1 Å². The van der Waals surface area contributed by atoms with Crippen LogP contribution in [0.1, 0.15) is 43.6 Å². The lowest BCUT2D eigenvalue weighted by atomic mass is 9.86. The first kappa shape index (κ1) is 29.5. The van der Waals surface area contributed by atoms with Gasteiger partial charge in [-0.05, 0) is 60.5 Å². The summed E-state index contributed by atoms with van der Waals surface area (Å²) in [6.07, 6.45) is 1.87. The molecule has 12 heteroatoms. The maximum atomic E-state index is 14.7. The summed E-state index contributed by atoms with van der Waals surface area (Å²) in [5.41, 5.74) is 3.61. The molecular formula is C32H30ClFN6O4. The van der Waals surface area contributed by atoms with Gasteiger partial charge in [-0.15, -0.1) is 5.10 Å². The Balaban J connectivity index is 1.35. The Morgan fingerprint density at radius 3 is 2.39 bits per heavy atom. The molecule has 1 unspecified atom stereocenters. The number of halogens is 2. The maximum absolute atomic E-state index is 14.7. The Hall–Kier alpha value is -4.61. The molecule has 0 bridgehead atoms. The molecule has 1 amide bonds. The van der Waals surface area contributed by atoms with Crippen molar-refractivity contribution in [2.45, 2.75) is 18.9 Å². The van der Waals surface area contributed by atoms with Gasteiger partial charge in [0, 0.05) is 44.8 Å². The number of carbonyl (C=O) groups excluding carboxylic acids is 2. The predicted molar refractivity (Wildman–Crippen MR) is 162 cm³/mol. The zero-order chi connectivity index (χ0) is 31.0. The van der Waals surface area contributed by atoms with Crippen LogP contribution in [0, 0.1) is 5.82 Å². The minimum atomic E-state index is -1.05. The summed E-state index contributed by atoms with van der Waals surface area (Å²) >= 11 is 5.94. The molecule has 2 aliphatic heterocycles. The number of Topliss-reactive ketones (excluding diaryl/α,β-unsaturated/α-hetero) is 1. The highest BCUT2D eigenvalue weighted by molar-refractivity contribution is 6.30. The monoisotopic (exact) mass is 616 g/mol. The summed E-state index contributed by atoms with van der Waals surface area (Å²) in [7, 11) is 2.09. The Bertz CT molecular complexity index is 1740. The number of rotatable bonds is 7. The van der Waals surface area contributed by atoms with E-state index < -0.39 is 23.7 Å². The average Bonchev–Trinajstić information content (AvgIpc) is 3.52. The third kappa shape index (κ3) is 5.68. The van der Waals surface area contributed by atoms with E-state index in [0.29, 0.717) is 12.0 Å². The smallest absolute Gasteiger partial charge is 0.335 e. The predicted octanol–water partition coefficient (Wildman–Crippen LogP) is 4.06. The number of benzene rings is 3. The SMILES string of the molecule is CN1CCN(c2cccc3c2CCN(C(=O)c2cn(-c4cccc(Cl)c4F)nn2)C3C(=O)Cc2ccc(C(=O)O)cc2)CC1. The number of carbonyl (C=O) groups is 3. The number of aromatic carboxylic acids is 1. The van der Waals surface area contributed by atoms with Crippen LogP contribution >= 0.6 is 11.6 Å². The van der Waals surface area contributed by atoms with Crippen LogP contribution in [-0.4, -0.2) is 87.3 Å². The van der Waals surface area contributed by atoms with Crippen LogP contribution in [0.3, 0.4) is 0 Å². The largest absolute Gasteiger partial charge is 0.478 e. The number of hydrogen-bond donors (Lipinski definition) is 1.